The number of carbonyl (C=O) groups excluding carboxylic acids is 2. The number of aromatic nitrogens is 2. The third-order valence-electron chi connectivity index (χ3n) is 4.38. The first-order chi connectivity index (χ1) is 14.0. The Labute approximate surface area is 171 Å². The molecule has 1 aliphatic rings. The van der Waals surface area contributed by atoms with Gasteiger partial charge in [0, 0.05) is 10.6 Å². The summed E-state index contributed by atoms with van der Waals surface area (Å²) in [5.41, 5.74) is 1.31. The number of ether oxygens (including phenoxy) is 1. The third-order valence-corrected chi connectivity index (χ3v) is 4.63. The van der Waals surface area contributed by atoms with Gasteiger partial charge >= 0.3 is 0 Å². The average molecular weight is 413 g/mol. The van der Waals surface area contributed by atoms with Crippen molar-refractivity contribution in [1.29, 1.82) is 0 Å². The number of hydrogen-bond acceptors (Lipinski definition) is 6. The molecule has 3 aromatic rings. The van der Waals surface area contributed by atoms with Crippen molar-refractivity contribution in [2.75, 3.05) is 11.4 Å². The summed E-state index contributed by atoms with van der Waals surface area (Å²) in [6.45, 7) is 1.57. The van der Waals surface area contributed by atoms with Gasteiger partial charge < -0.3 is 14.6 Å². The molecule has 148 valence electrons. The van der Waals surface area contributed by atoms with Crippen LogP contribution in [0.5, 0.6) is 5.75 Å². The van der Waals surface area contributed by atoms with Gasteiger partial charge in [0.25, 0.3) is 5.91 Å². The van der Waals surface area contributed by atoms with E-state index in [-0.39, 0.29) is 30.8 Å². The van der Waals surface area contributed by atoms with Crippen LogP contribution in [-0.2, 0) is 16.1 Å². The first-order valence-corrected chi connectivity index (χ1v) is 9.31. The summed E-state index contributed by atoms with van der Waals surface area (Å²) in [4.78, 5) is 30.5. The van der Waals surface area contributed by atoms with Crippen LogP contribution in [0.3, 0.4) is 0 Å². The standard InChI is InChI=1S/C20H17ClN4O4/c1-12-20(27)25(15-4-2-3-5-16(15)28-12)11-17(26)22-10-18-23-19(24-29-18)13-6-8-14(21)9-7-13/h2-9,12H,10-11H2,1H3,(H,22,26). The zero-order valence-electron chi connectivity index (χ0n) is 15.5. The molecule has 2 amide bonds. The summed E-state index contributed by atoms with van der Waals surface area (Å²) in [5, 5.41) is 7.20. The van der Waals surface area contributed by atoms with Crippen LogP contribution >= 0.6 is 11.6 Å². The number of benzene rings is 2. The predicted molar refractivity (Wildman–Crippen MR) is 105 cm³/mol. The van der Waals surface area contributed by atoms with Gasteiger partial charge in [-0.15, -0.1) is 0 Å². The van der Waals surface area contributed by atoms with Gasteiger partial charge in [0.1, 0.15) is 12.3 Å². The van der Waals surface area contributed by atoms with Crippen molar-refractivity contribution in [3.05, 3.63) is 59.4 Å². The maximum absolute atomic E-state index is 12.5. The van der Waals surface area contributed by atoms with Gasteiger partial charge in [-0.3, -0.25) is 14.5 Å². The first kappa shape index (κ1) is 18.9. The van der Waals surface area contributed by atoms with Crippen LogP contribution in [0, 0.1) is 0 Å². The largest absolute Gasteiger partial charge is 0.479 e. The molecule has 0 spiro atoms. The van der Waals surface area contributed by atoms with Gasteiger partial charge in [0.15, 0.2) is 6.10 Å². The van der Waals surface area contributed by atoms with E-state index in [1.807, 2.05) is 6.07 Å². The Kier molecular flexibility index (Phi) is 5.18. The minimum Gasteiger partial charge on any atom is -0.479 e. The second-order valence-corrected chi connectivity index (χ2v) is 6.88. The topological polar surface area (TPSA) is 97.6 Å². The Morgan fingerprint density at radius 2 is 1.97 bits per heavy atom. The number of carbonyl (C=O) groups is 2. The number of halogens is 1. The molecule has 1 aromatic heterocycles. The molecule has 2 aromatic carbocycles. The van der Waals surface area contributed by atoms with E-state index < -0.39 is 6.10 Å². The zero-order valence-corrected chi connectivity index (χ0v) is 16.2. The van der Waals surface area contributed by atoms with Crippen LogP contribution in [0.4, 0.5) is 5.69 Å². The monoisotopic (exact) mass is 412 g/mol. The second kappa shape index (κ2) is 7.92. The second-order valence-electron chi connectivity index (χ2n) is 6.45. The van der Waals surface area contributed by atoms with Crippen molar-refractivity contribution in [3.63, 3.8) is 0 Å². The lowest BCUT2D eigenvalue weighted by molar-refractivity contribution is -0.128. The first-order valence-electron chi connectivity index (χ1n) is 8.93. The van der Waals surface area contributed by atoms with Gasteiger partial charge in [-0.2, -0.15) is 4.98 Å². The maximum atomic E-state index is 12.5. The van der Waals surface area contributed by atoms with Gasteiger partial charge in [-0.05, 0) is 43.3 Å². The summed E-state index contributed by atoms with van der Waals surface area (Å²) >= 11 is 5.87. The van der Waals surface area contributed by atoms with E-state index in [1.54, 1.807) is 49.4 Å². The Bertz CT molecular complexity index is 1050. The highest BCUT2D eigenvalue weighted by Gasteiger charge is 2.32. The number of nitrogens with one attached hydrogen (secondary N) is 1. The van der Waals surface area contributed by atoms with E-state index in [2.05, 4.69) is 15.5 Å². The number of rotatable bonds is 5. The summed E-state index contributed by atoms with van der Waals surface area (Å²) in [6, 6.07) is 14.1. The van der Waals surface area contributed by atoms with Crippen LogP contribution in [0.1, 0.15) is 12.8 Å². The molecule has 1 N–H and O–H groups in total. The van der Waals surface area contributed by atoms with E-state index in [1.165, 1.54) is 4.90 Å². The highest BCUT2D eigenvalue weighted by molar-refractivity contribution is 6.30. The highest BCUT2D eigenvalue weighted by atomic mass is 35.5. The summed E-state index contributed by atoms with van der Waals surface area (Å²) in [6.07, 6.45) is -0.657. The Balaban J connectivity index is 1.39. The molecule has 0 bridgehead atoms. The lowest BCUT2D eigenvalue weighted by atomic mass is 10.2. The smallest absolute Gasteiger partial charge is 0.268 e. The quantitative estimate of drug-likeness (QED) is 0.692. The molecule has 0 fully saturated rings. The molecule has 0 aliphatic carbocycles. The van der Waals surface area contributed by atoms with Crippen LogP contribution in [-0.4, -0.2) is 34.6 Å². The molecule has 1 atom stereocenters. The molecule has 29 heavy (non-hydrogen) atoms. The summed E-state index contributed by atoms with van der Waals surface area (Å²) in [7, 11) is 0. The van der Waals surface area contributed by atoms with Gasteiger partial charge in [0.2, 0.25) is 17.6 Å². The molecular formula is C20H17ClN4O4. The van der Waals surface area contributed by atoms with E-state index in [9.17, 15) is 9.59 Å². The number of anilines is 1. The highest BCUT2D eigenvalue weighted by Crippen LogP contribution is 2.33. The van der Waals surface area contributed by atoms with Gasteiger partial charge in [-0.25, -0.2) is 0 Å². The number of para-hydroxylation sites is 2. The molecule has 1 unspecified atom stereocenters. The molecular weight excluding hydrogens is 396 g/mol. The molecule has 4 rings (SSSR count). The predicted octanol–water partition coefficient (Wildman–Crippen LogP) is 2.82. The lowest BCUT2D eigenvalue weighted by Crippen LogP contribution is -2.48. The molecule has 0 saturated heterocycles. The molecule has 2 heterocycles. The molecule has 9 heteroatoms. The van der Waals surface area contributed by atoms with Crippen molar-refractivity contribution in [2.24, 2.45) is 0 Å². The number of fused-ring (bicyclic) bond motifs is 1. The van der Waals surface area contributed by atoms with E-state index in [0.29, 0.717) is 22.3 Å². The number of nitrogens with zero attached hydrogens (tertiary/aromatic N) is 3. The fraction of sp³-hybridized carbons (Fsp3) is 0.200. The molecule has 0 radical (unpaired) electrons. The number of amides is 2. The Hall–Kier alpha value is -3.39. The van der Waals surface area contributed by atoms with Crippen molar-refractivity contribution < 1.29 is 18.8 Å². The SMILES string of the molecule is CC1Oc2ccccc2N(CC(=O)NCc2nc(-c3ccc(Cl)cc3)no2)C1=O. The van der Waals surface area contributed by atoms with Crippen LogP contribution < -0.4 is 15.0 Å². The summed E-state index contributed by atoms with van der Waals surface area (Å²) < 4.78 is 10.7. The Morgan fingerprint density at radius 1 is 1.21 bits per heavy atom. The van der Waals surface area contributed by atoms with Crippen LogP contribution in [0.2, 0.25) is 5.02 Å². The Morgan fingerprint density at radius 3 is 2.76 bits per heavy atom. The molecule has 1 aliphatic heterocycles. The van der Waals surface area contributed by atoms with Crippen LogP contribution in [0.15, 0.2) is 53.1 Å². The minimum atomic E-state index is -0.657. The van der Waals surface area contributed by atoms with E-state index >= 15 is 0 Å². The van der Waals surface area contributed by atoms with Crippen molar-refractivity contribution >= 4 is 29.1 Å². The fourth-order valence-corrected chi connectivity index (χ4v) is 3.06. The van der Waals surface area contributed by atoms with Crippen molar-refractivity contribution in [3.8, 4) is 17.1 Å². The van der Waals surface area contributed by atoms with Crippen molar-refractivity contribution in [2.45, 2.75) is 19.6 Å². The third kappa shape index (κ3) is 4.07. The van der Waals surface area contributed by atoms with E-state index in [4.69, 9.17) is 20.9 Å². The molecule has 8 nitrogen and oxygen atoms in total. The van der Waals surface area contributed by atoms with E-state index in [0.717, 1.165) is 5.56 Å². The zero-order chi connectivity index (χ0) is 20.4. The van der Waals surface area contributed by atoms with Crippen molar-refractivity contribution in [1.82, 2.24) is 15.5 Å². The maximum Gasteiger partial charge on any atom is 0.268 e. The normalized spacial score (nSPS) is 15.6. The number of hydrogen-bond donors (Lipinski definition) is 1. The lowest BCUT2D eigenvalue weighted by Gasteiger charge is -2.32. The average Bonchev–Trinajstić information content (AvgIpc) is 3.19. The van der Waals surface area contributed by atoms with Gasteiger partial charge in [0.05, 0.1) is 12.2 Å². The minimum absolute atomic E-state index is 0.0507. The molecule has 0 saturated carbocycles. The van der Waals surface area contributed by atoms with Crippen LogP contribution in [0.25, 0.3) is 11.4 Å². The van der Waals surface area contributed by atoms with Gasteiger partial charge in [-0.1, -0.05) is 28.9 Å². The fourth-order valence-electron chi connectivity index (χ4n) is 2.94. The summed E-state index contributed by atoms with van der Waals surface area (Å²) in [5.74, 6) is 0.592.